The van der Waals surface area contributed by atoms with Crippen LogP contribution in [-0.4, -0.2) is 15.5 Å². The fourth-order valence-corrected chi connectivity index (χ4v) is 4.67. The molecule has 5 heteroatoms. The minimum atomic E-state index is -0.0535. The topological polar surface area (TPSA) is 46.9 Å². The van der Waals surface area contributed by atoms with Gasteiger partial charge in [-0.1, -0.05) is 24.3 Å². The minimum Gasteiger partial charge on any atom is -0.321 e. The van der Waals surface area contributed by atoms with Crippen LogP contribution in [0, 0.1) is 0 Å². The number of fused-ring (bicyclic) bond motifs is 3. The first-order valence-electron chi connectivity index (χ1n) is 8.89. The Morgan fingerprint density at radius 2 is 1.85 bits per heavy atom. The maximum absolute atomic E-state index is 12.7. The molecule has 0 aliphatic heterocycles. The van der Waals surface area contributed by atoms with Crippen molar-refractivity contribution in [1.29, 1.82) is 0 Å². The second kappa shape index (κ2) is 6.52. The van der Waals surface area contributed by atoms with Crippen LogP contribution in [0.15, 0.2) is 73.3 Å². The molecular formula is C22H17N3OS. The van der Waals surface area contributed by atoms with Crippen molar-refractivity contribution in [3.05, 3.63) is 89.3 Å². The van der Waals surface area contributed by atoms with Crippen LogP contribution in [0.2, 0.25) is 0 Å². The fraction of sp³-hybridized carbons (Fsp3) is 0.0909. The summed E-state index contributed by atoms with van der Waals surface area (Å²) in [5.74, 6) is -0.0535. The van der Waals surface area contributed by atoms with Crippen molar-refractivity contribution in [2.45, 2.75) is 12.8 Å². The Hall–Kier alpha value is -3.18. The number of rotatable bonds is 3. The van der Waals surface area contributed by atoms with Gasteiger partial charge in [0.1, 0.15) is 0 Å². The molecule has 0 radical (unpaired) electrons. The lowest BCUT2D eigenvalue weighted by Crippen LogP contribution is -2.10. The quantitative estimate of drug-likeness (QED) is 0.554. The first kappa shape index (κ1) is 16.0. The third kappa shape index (κ3) is 2.96. The van der Waals surface area contributed by atoms with Crippen LogP contribution in [0.3, 0.4) is 0 Å². The first-order valence-corrected chi connectivity index (χ1v) is 9.70. The van der Waals surface area contributed by atoms with E-state index in [0.717, 1.165) is 29.1 Å². The van der Waals surface area contributed by atoms with E-state index < -0.39 is 0 Å². The highest BCUT2D eigenvalue weighted by atomic mass is 32.1. The fourth-order valence-electron chi connectivity index (χ4n) is 3.50. The molecule has 0 bridgehead atoms. The molecule has 1 aliphatic rings. The molecule has 0 unspecified atom stereocenters. The number of imidazole rings is 1. The predicted molar refractivity (Wildman–Crippen MR) is 109 cm³/mol. The molecule has 5 rings (SSSR count). The summed E-state index contributed by atoms with van der Waals surface area (Å²) in [5, 5.41) is 3.01. The summed E-state index contributed by atoms with van der Waals surface area (Å²) in [4.78, 5) is 18.8. The van der Waals surface area contributed by atoms with Gasteiger partial charge in [0.25, 0.3) is 5.91 Å². The Labute approximate surface area is 161 Å². The molecule has 1 N–H and O–H groups in total. The van der Waals surface area contributed by atoms with Crippen molar-refractivity contribution in [3.8, 4) is 16.1 Å². The largest absolute Gasteiger partial charge is 0.321 e. The summed E-state index contributed by atoms with van der Waals surface area (Å²) < 4.78 is 1.93. The van der Waals surface area contributed by atoms with E-state index in [1.807, 2.05) is 41.1 Å². The van der Waals surface area contributed by atoms with E-state index >= 15 is 0 Å². The van der Waals surface area contributed by atoms with Crippen molar-refractivity contribution < 1.29 is 4.79 Å². The number of hydrogen-bond acceptors (Lipinski definition) is 3. The molecule has 0 spiro atoms. The van der Waals surface area contributed by atoms with Crippen molar-refractivity contribution in [2.24, 2.45) is 0 Å². The van der Waals surface area contributed by atoms with Gasteiger partial charge in [-0.25, -0.2) is 4.98 Å². The molecule has 4 aromatic rings. The maximum atomic E-state index is 12.7. The summed E-state index contributed by atoms with van der Waals surface area (Å²) in [6, 6.07) is 18.3. The summed E-state index contributed by atoms with van der Waals surface area (Å²) in [5.41, 5.74) is 5.71. The van der Waals surface area contributed by atoms with Gasteiger partial charge in [0.05, 0.1) is 11.2 Å². The van der Waals surface area contributed by atoms with Gasteiger partial charge in [-0.2, -0.15) is 0 Å². The molecule has 0 saturated heterocycles. The second-order valence-corrected chi connectivity index (χ2v) is 7.65. The zero-order valence-corrected chi connectivity index (χ0v) is 15.4. The molecule has 4 nitrogen and oxygen atoms in total. The number of hydrogen-bond donors (Lipinski definition) is 1. The summed E-state index contributed by atoms with van der Waals surface area (Å²) in [6.45, 7) is 0. The number of aromatic nitrogens is 2. The highest BCUT2D eigenvalue weighted by Crippen LogP contribution is 2.39. The molecule has 0 saturated carbocycles. The number of carbonyl (C=O) groups excluding carboxylic acids is 1. The van der Waals surface area contributed by atoms with Crippen molar-refractivity contribution in [2.75, 3.05) is 5.32 Å². The van der Waals surface area contributed by atoms with Crippen molar-refractivity contribution in [1.82, 2.24) is 9.55 Å². The third-order valence-corrected chi connectivity index (χ3v) is 6.10. The Morgan fingerprint density at radius 1 is 1.04 bits per heavy atom. The zero-order chi connectivity index (χ0) is 18.2. The van der Waals surface area contributed by atoms with Gasteiger partial charge >= 0.3 is 0 Å². The Morgan fingerprint density at radius 3 is 2.67 bits per heavy atom. The highest BCUT2D eigenvalue weighted by molar-refractivity contribution is 7.17. The monoisotopic (exact) mass is 371 g/mol. The van der Waals surface area contributed by atoms with E-state index in [9.17, 15) is 4.79 Å². The average molecular weight is 371 g/mol. The van der Waals surface area contributed by atoms with E-state index in [2.05, 4.69) is 34.6 Å². The van der Waals surface area contributed by atoms with E-state index in [1.54, 1.807) is 23.9 Å². The Bertz CT molecular complexity index is 1110. The smallest absolute Gasteiger partial charge is 0.265 e. The summed E-state index contributed by atoms with van der Waals surface area (Å²) in [7, 11) is 0. The molecule has 0 atom stereocenters. The Kier molecular flexibility index (Phi) is 3.87. The van der Waals surface area contributed by atoms with E-state index in [1.165, 1.54) is 21.6 Å². The molecule has 1 aliphatic carbocycles. The van der Waals surface area contributed by atoms with Crippen LogP contribution >= 0.6 is 11.3 Å². The standard InChI is InChI=1S/C22H17N3OS/c26-22(24-17-7-9-18(10-8-17)25-12-11-23-14-25)20-13-16-6-5-15-3-1-2-4-19(15)21(16)27-20/h1-4,7-14H,5-6H2,(H,24,26). The van der Waals surface area contributed by atoms with Crippen LogP contribution in [0.5, 0.6) is 0 Å². The first-order chi connectivity index (χ1) is 13.3. The minimum absolute atomic E-state index is 0.0535. The van der Waals surface area contributed by atoms with Crippen LogP contribution in [0.1, 0.15) is 20.8 Å². The molecule has 2 heterocycles. The van der Waals surface area contributed by atoms with Gasteiger partial charge in [0.2, 0.25) is 0 Å². The van der Waals surface area contributed by atoms with Gasteiger partial charge in [-0.3, -0.25) is 4.79 Å². The zero-order valence-electron chi connectivity index (χ0n) is 14.6. The number of anilines is 1. The van der Waals surface area contributed by atoms with Crippen LogP contribution in [0.4, 0.5) is 5.69 Å². The van der Waals surface area contributed by atoms with Gasteiger partial charge in [0, 0.05) is 28.6 Å². The Balaban J connectivity index is 1.37. The number of aryl methyl sites for hydroxylation is 2. The highest BCUT2D eigenvalue weighted by Gasteiger charge is 2.21. The van der Waals surface area contributed by atoms with Gasteiger partial charge in [0.15, 0.2) is 0 Å². The number of carbonyl (C=O) groups is 1. The molecule has 1 amide bonds. The molecule has 2 aromatic heterocycles. The maximum Gasteiger partial charge on any atom is 0.265 e. The van der Waals surface area contributed by atoms with Gasteiger partial charge in [-0.15, -0.1) is 11.3 Å². The molecule has 0 fully saturated rings. The van der Waals surface area contributed by atoms with Crippen molar-refractivity contribution >= 4 is 22.9 Å². The summed E-state index contributed by atoms with van der Waals surface area (Å²) in [6.07, 6.45) is 7.42. The molecular weight excluding hydrogens is 354 g/mol. The molecule has 2 aromatic carbocycles. The lowest BCUT2D eigenvalue weighted by atomic mass is 9.91. The number of amides is 1. The van der Waals surface area contributed by atoms with E-state index in [0.29, 0.717) is 0 Å². The normalized spacial score (nSPS) is 12.3. The van der Waals surface area contributed by atoms with E-state index in [4.69, 9.17) is 0 Å². The van der Waals surface area contributed by atoms with E-state index in [-0.39, 0.29) is 5.91 Å². The number of benzene rings is 2. The third-order valence-electron chi connectivity index (χ3n) is 4.89. The van der Waals surface area contributed by atoms with Gasteiger partial charge < -0.3 is 9.88 Å². The number of nitrogens with zero attached hydrogens (tertiary/aromatic N) is 2. The number of nitrogens with one attached hydrogen (secondary N) is 1. The SMILES string of the molecule is O=C(Nc1ccc(-n2ccnc2)cc1)c1cc2c(s1)-c1ccccc1CC2. The lowest BCUT2D eigenvalue weighted by Gasteiger charge is -2.15. The number of thiophene rings is 1. The van der Waals surface area contributed by atoms with Crippen LogP contribution < -0.4 is 5.32 Å². The predicted octanol–water partition coefficient (Wildman–Crippen LogP) is 4.95. The second-order valence-electron chi connectivity index (χ2n) is 6.59. The lowest BCUT2D eigenvalue weighted by molar-refractivity contribution is 0.103. The average Bonchev–Trinajstić information content (AvgIpc) is 3.38. The summed E-state index contributed by atoms with van der Waals surface area (Å²) >= 11 is 1.58. The van der Waals surface area contributed by atoms with Gasteiger partial charge in [-0.05, 0) is 59.9 Å². The molecule has 27 heavy (non-hydrogen) atoms. The molecule has 132 valence electrons. The van der Waals surface area contributed by atoms with Crippen molar-refractivity contribution in [3.63, 3.8) is 0 Å². The van der Waals surface area contributed by atoms with Crippen LogP contribution in [-0.2, 0) is 12.8 Å². The van der Waals surface area contributed by atoms with Crippen LogP contribution in [0.25, 0.3) is 16.1 Å².